The number of amides is 1. The topological polar surface area (TPSA) is 41.6 Å². The number of benzene rings is 2. The van der Waals surface area contributed by atoms with Crippen LogP contribution < -0.4 is 10.1 Å². The molecule has 2 aromatic rings. The van der Waals surface area contributed by atoms with Crippen molar-refractivity contribution < 1.29 is 9.53 Å². The number of hydrogen-bond donors (Lipinski definition) is 1. The Balaban J connectivity index is 1.76. The first-order valence-electron chi connectivity index (χ1n) is 7.51. The highest BCUT2D eigenvalue weighted by molar-refractivity contribution is 6.30. The highest BCUT2D eigenvalue weighted by Gasteiger charge is 2.17. The largest absolute Gasteiger partial charge is 0.492 e. The Morgan fingerprint density at radius 2 is 1.83 bits per heavy atom. The van der Waals surface area contributed by atoms with E-state index in [0.717, 1.165) is 11.4 Å². The molecular weight excluding hydrogens is 312 g/mol. The van der Waals surface area contributed by atoms with E-state index in [-0.39, 0.29) is 11.9 Å². The molecule has 5 heteroatoms. The van der Waals surface area contributed by atoms with E-state index in [1.54, 1.807) is 12.1 Å². The second-order valence-electron chi connectivity index (χ2n) is 5.31. The molecule has 1 N–H and O–H groups in total. The van der Waals surface area contributed by atoms with Gasteiger partial charge in [0.25, 0.3) is 0 Å². The molecule has 1 atom stereocenters. The molecule has 23 heavy (non-hydrogen) atoms. The molecular formula is C18H21ClN2O2. The van der Waals surface area contributed by atoms with Crippen LogP contribution in [0.15, 0.2) is 54.6 Å². The van der Waals surface area contributed by atoms with E-state index in [1.807, 2.05) is 61.3 Å². The first-order chi connectivity index (χ1) is 11.1. The number of nitrogens with one attached hydrogen (secondary N) is 1. The minimum atomic E-state index is -0.246. The summed E-state index contributed by atoms with van der Waals surface area (Å²) in [6, 6.07) is 16.4. The third-order valence-corrected chi connectivity index (χ3v) is 3.86. The van der Waals surface area contributed by atoms with Gasteiger partial charge in [0.15, 0.2) is 0 Å². The van der Waals surface area contributed by atoms with Crippen molar-refractivity contribution in [1.82, 2.24) is 4.90 Å². The van der Waals surface area contributed by atoms with Crippen molar-refractivity contribution in [2.24, 2.45) is 0 Å². The number of ether oxygens (including phenoxy) is 1. The number of likely N-dealkylation sites (N-methyl/N-ethyl adjacent to an activating group) is 1. The lowest BCUT2D eigenvalue weighted by atomic mass is 10.2. The number of nitrogens with zero attached hydrogens (tertiary/aromatic N) is 1. The average Bonchev–Trinajstić information content (AvgIpc) is 2.56. The summed E-state index contributed by atoms with van der Waals surface area (Å²) < 4.78 is 5.65. The summed E-state index contributed by atoms with van der Waals surface area (Å²) in [7, 11) is 1.90. The van der Waals surface area contributed by atoms with Crippen LogP contribution in [0.1, 0.15) is 6.92 Å². The number of para-hydroxylation sites is 1. The normalized spacial score (nSPS) is 12.0. The van der Waals surface area contributed by atoms with E-state index in [9.17, 15) is 4.79 Å². The summed E-state index contributed by atoms with van der Waals surface area (Å²) in [6.45, 7) is 3.02. The van der Waals surface area contributed by atoms with Crippen molar-refractivity contribution in [2.75, 3.05) is 25.5 Å². The zero-order chi connectivity index (χ0) is 16.7. The van der Waals surface area contributed by atoms with Crippen LogP contribution in [0.5, 0.6) is 5.75 Å². The van der Waals surface area contributed by atoms with Crippen LogP contribution in [0.25, 0.3) is 0 Å². The summed E-state index contributed by atoms with van der Waals surface area (Å²) >= 11 is 5.83. The summed E-state index contributed by atoms with van der Waals surface area (Å²) in [5, 5.41) is 3.58. The van der Waals surface area contributed by atoms with Gasteiger partial charge in [-0.3, -0.25) is 9.69 Å². The lowest BCUT2D eigenvalue weighted by Crippen LogP contribution is -2.41. The molecule has 2 aromatic carbocycles. The van der Waals surface area contributed by atoms with Gasteiger partial charge in [-0.05, 0) is 50.4 Å². The van der Waals surface area contributed by atoms with Crippen LogP contribution in [-0.4, -0.2) is 37.0 Å². The lowest BCUT2D eigenvalue weighted by Gasteiger charge is -2.23. The van der Waals surface area contributed by atoms with Gasteiger partial charge in [0.1, 0.15) is 12.4 Å². The SMILES string of the molecule is C[C@@H](C(=O)Nc1ccccc1)N(C)CCOc1ccc(Cl)cc1. The van der Waals surface area contributed by atoms with E-state index in [4.69, 9.17) is 16.3 Å². The second kappa shape index (κ2) is 8.56. The molecule has 0 saturated heterocycles. The molecule has 1 amide bonds. The van der Waals surface area contributed by atoms with Gasteiger partial charge in [0.05, 0.1) is 6.04 Å². The average molecular weight is 333 g/mol. The number of carbonyl (C=O) groups is 1. The Kier molecular flexibility index (Phi) is 6.44. The Morgan fingerprint density at radius 3 is 2.48 bits per heavy atom. The molecule has 0 aliphatic carbocycles. The van der Waals surface area contributed by atoms with Gasteiger partial charge in [-0.15, -0.1) is 0 Å². The second-order valence-corrected chi connectivity index (χ2v) is 5.75. The first kappa shape index (κ1) is 17.3. The molecule has 4 nitrogen and oxygen atoms in total. The zero-order valence-corrected chi connectivity index (χ0v) is 14.1. The van der Waals surface area contributed by atoms with Gasteiger partial charge in [-0.2, -0.15) is 0 Å². The Labute approximate surface area is 142 Å². The molecule has 0 radical (unpaired) electrons. The number of carbonyl (C=O) groups excluding carboxylic acids is 1. The van der Waals surface area contributed by atoms with Crippen molar-refractivity contribution in [3.05, 3.63) is 59.6 Å². The number of anilines is 1. The lowest BCUT2D eigenvalue weighted by molar-refractivity contribution is -0.120. The van der Waals surface area contributed by atoms with Crippen LogP contribution in [0.4, 0.5) is 5.69 Å². The summed E-state index contributed by atoms with van der Waals surface area (Å²) in [5.41, 5.74) is 0.801. The Bertz CT molecular complexity index is 617. The van der Waals surface area contributed by atoms with E-state index in [1.165, 1.54) is 0 Å². The highest BCUT2D eigenvalue weighted by atomic mass is 35.5. The molecule has 0 aromatic heterocycles. The minimum Gasteiger partial charge on any atom is -0.492 e. The van der Waals surface area contributed by atoms with Crippen LogP contribution in [0, 0.1) is 0 Å². The molecule has 0 unspecified atom stereocenters. The van der Waals surface area contributed by atoms with Crippen molar-refractivity contribution >= 4 is 23.2 Å². The fourth-order valence-electron chi connectivity index (χ4n) is 2.00. The maximum Gasteiger partial charge on any atom is 0.241 e. The maximum absolute atomic E-state index is 12.2. The minimum absolute atomic E-state index is 0.0369. The number of halogens is 1. The van der Waals surface area contributed by atoms with Crippen LogP contribution in [0.2, 0.25) is 5.02 Å². The van der Waals surface area contributed by atoms with Gasteiger partial charge < -0.3 is 10.1 Å². The standard InChI is InChI=1S/C18H21ClN2O2/c1-14(18(22)20-16-6-4-3-5-7-16)21(2)12-13-23-17-10-8-15(19)9-11-17/h3-11,14H,12-13H2,1-2H3,(H,20,22)/t14-/m0/s1. The summed E-state index contributed by atoms with van der Waals surface area (Å²) in [6.07, 6.45) is 0. The van der Waals surface area contributed by atoms with Crippen molar-refractivity contribution in [2.45, 2.75) is 13.0 Å². The molecule has 0 heterocycles. The van der Waals surface area contributed by atoms with Crippen LogP contribution in [0.3, 0.4) is 0 Å². The van der Waals surface area contributed by atoms with Crippen molar-refractivity contribution in [3.8, 4) is 5.75 Å². The predicted molar refractivity (Wildman–Crippen MR) is 94.1 cm³/mol. The number of rotatable bonds is 7. The van der Waals surface area contributed by atoms with Gasteiger partial charge >= 0.3 is 0 Å². The van der Waals surface area contributed by atoms with E-state index in [2.05, 4.69) is 5.32 Å². The van der Waals surface area contributed by atoms with Gasteiger partial charge in [-0.1, -0.05) is 29.8 Å². The van der Waals surface area contributed by atoms with Crippen LogP contribution in [-0.2, 0) is 4.79 Å². The molecule has 0 spiro atoms. The van der Waals surface area contributed by atoms with Gasteiger partial charge in [0, 0.05) is 17.3 Å². The summed E-state index contributed by atoms with van der Waals surface area (Å²) in [4.78, 5) is 14.2. The molecule has 2 rings (SSSR count). The Hall–Kier alpha value is -2.04. The fraction of sp³-hybridized carbons (Fsp3) is 0.278. The quantitative estimate of drug-likeness (QED) is 0.841. The third-order valence-electron chi connectivity index (χ3n) is 3.61. The van der Waals surface area contributed by atoms with Crippen molar-refractivity contribution in [1.29, 1.82) is 0 Å². The van der Waals surface area contributed by atoms with Crippen LogP contribution >= 0.6 is 11.6 Å². The van der Waals surface area contributed by atoms with Gasteiger partial charge in [-0.25, -0.2) is 0 Å². The molecule has 0 aliphatic heterocycles. The molecule has 0 saturated carbocycles. The predicted octanol–water partition coefficient (Wildman–Crippen LogP) is 3.68. The Morgan fingerprint density at radius 1 is 1.17 bits per heavy atom. The molecule has 0 aliphatic rings. The third kappa shape index (κ3) is 5.58. The van der Waals surface area contributed by atoms with E-state index in [0.29, 0.717) is 18.2 Å². The number of hydrogen-bond acceptors (Lipinski definition) is 3. The molecule has 122 valence electrons. The van der Waals surface area contributed by atoms with Gasteiger partial charge in [0.2, 0.25) is 5.91 Å². The summed E-state index contributed by atoms with van der Waals surface area (Å²) in [5.74, 6) is 0.731. The molecule has 0 fully saturated rings. The monoisotopic (exact) mass is 332 g/mol. The zero-order valence-electron chi connectivity index (χ0n) is 13.3. The first-order valence-corrected chi connectivity index (χ1v) is 7.88. The smallest absolute Gasteiger partial charge is 0.241 e. The van der Waals surface area contributed by atoms with E-state index < -0.39 is 0 Å². The van der Waals surface area contributed by atoms with E-state index >= 15 is 0 Å². The van der Waals surface area contributed by atoms with Crippen molar-refractivity contribution in [3.63, 3.8) is 0 Å². The molecule has 0 bridgehead atoms. The highest BCUT2D eigenvalue weighted by Crippen LogP contribution is 2.15. The maximum atomic E-state index is 12.2. The fourth-order valence-corrected chi connectivity index (χ4v) is 2.13.